The van der Waals surface area contributed by atoms with Crippen LogP contribution < -0.4 is 16.8 Å². The van der Waals surface area contributed by atoms with E-state index in [2.05, 4.69) is 5.32 Å². The fourth-order valence-electron chi connectivity index (χ4n) is 2.27. The van der Waals surface area contributed by atoms with Crippen LogP contribution in [-0.2, 0) is 4.74 Å². The summed E-state index contributed by atoms with van der Waals surface area (Å²) in [6, 6.07) is 5.44. The predicted octanol–water partition coefficient (Wildman–Crippen LogP) is 1.35. The standard InChI is InChI=1S/C13H19N3O2/c1-8-7-9(5-6-18-8)16-12-10(13(15)17)3-2-4-11(12)14/h2-4,8-9,16H,5-7,14H2,1H3,(H2,15,17). The minimum Gasteiger partial charge on any atom is -0.397 e. The lowest BCUT2D eigenvalue weighted by atomic mass is 10.0. The number of carbonyl (C=O) groups excluding carboxylic acids is 1. The molecule has 1 saturated heterocycles. The number of hydrogen-bond donors (Lipinski definition) is 3. The van der Waals surface area contributed by atoms with Crippen LogP contribution in [0.1, 0.15) is 30.1 Å². The molecule has 0 aromatic heterocycles. The van der Waals surface area contributed by atoms with Gasteiger partial charge in [-0.25, -0.2) is 0 Å². The lowest BCUT2D eigenvalue weighted by molar-refractivity contribution is 0.0232. The maximum atomic E-state index is 11.4. The first-order valence-corrected chi connectivity index (χ1v) is 6.14. The number of rotatable bonds is 3. The predicted molar refractivity (Wildman–Crippen MR) is 71.4 cm³/mol. The summed E-state index contributed by atoms with van der Waals surface area (Å²) in [7, 11) is 0. The van der Waals surface area contributed by atoms with E-state index in [-0.39, 0.29) is 12.1 Å². The highest BCUT2D eigenvalue weighted by molar-refractivity contribution is 6.01. The number of nitrogens with two attached hydrogens (primary N) is 2. The minimum absolute atomic E-state index is 0.221. The molecule has 2 unspecified atom stereocenters. The van der Waals surface area contributed by atoms with Gasteiger partial charge in [0.25, 0.3) is 5.91 Å². The van der Waals surface area contributed by atoms with E-state index in [1.165, 1.54) is 0 Å². The van der Waals surface area contributed by atoms with E-state index >= 15 is 0 Å². The zero-order valence-electron chi connectivity index (χ0n) is 10.5. The molecule has 2 atom stereocenters. The van der Waals surface area contributed by atoms with Gasteiger partial charge in [0.1, 0.15) is 0 Å². The highest BCUT2D eigenvalue weighted by Crippen LogP contribution is 2.26. The van der Waals surface area contributed by atoms with Crippen LogP contribution >= 0.6 is 0 Å². The number of carbonyl (C=O) groups is 1. The second-order valence-electron chi connectivity index (χ2n) is 4.68. The molecule has 1 aliphatic heterocycles. The van der Waals surface area contributed by atoms with Gasteiger partial charge in [-0.3, -0.25) is 4.79 Å². The molecule has 0 saturated carbocycles. The summed E-state index contributed by atoms with van der Waals surface area (Å²) in [5.74, 6) is -0.468. The van der Waals surface area contributed by atoms with Gasteiger partial charge >= 0.3 is 0 Å². The monoisotopic (exact) mass is 249 g/mol. The third-order valence-electron chi connectivity index (χ3n) is 3.20. The van der Waals surface area contributed by atoms with Crippen molar-refractivity contribution in [1.29, 1.82) is 0 Å². The maximum Gasteiger partial charge on any atom is 0.250 e. The second kappa shape index (κ2) is 5.27. The fraction of sp³-hybridized carbons (Fsp3) is 0.462. The van der Waals surface area contributed by atoms with Gasteiger partial charge < -0.3 is 21.5 Å². The molecule has 1 aliphatic rings. The van der Waals surface area contributed by atoms with Gasteiger partial charge in [-0.05, 0) is 31.9 Å². The van der Waals surface area contributed by atoms with E-state index in [9.17, 15) is 4.79 Å². The second-order valence-corrected chi connectivity index (χ2v) is 4.68. The number of para-hydroxylation sites is 1. The molecule has 5 N–H and O–H groups in total. The Balaban J connectivity index is 2.20. The van der Waals surface area contributed by atoms with E-state index < -0.39 is 5.91 Å². The van der Waals surface area contributed by atoms with Gasteiger partial charge in [-0.1, -0.05) is 6.07 Å². The number of benzene rings is 1. The summed E-state index contributed by atoms with van der Waals surface area (Å²) in [4.78, 5) is 11.4. The summed E-state index contributed by atoms with van der Waals surface area (Å²) in [5.41, 5.74) is 12.9. The lowest BCUT2D eigenvalue weighted by Crippen LogP contribution is -2.33. The fourth-order valence-corrected chi connectivity index (χ4v) is 2.27. The molecule has 5 heteroatoms. The van der Waals surface area contributed by atoms with E-state index in [4.69, 9.17) is 16.2 Å². The van der Waals surface area contributed by atoms with Gasteiger partial charge in [0.05, 0.1) is 23.0 Å². The number of anilines is 2. The van der Waals surface area contributed by atoms with Gasteiger partial charge in [-0.2, -0.15) is 0 Å². The number of nitrogen functional groups attached to an aromatic ring is 1. The Morgan fingerprint density at radius 1 is 1.50 bits per heavy atom. The summed E-state index contributed by atoms with van der Waals surface area (Å²) >= 11 is 0. The number of primary amides is 1. The summed E-state index contributed by atoms with van der Waals surface area (Å²) in [6.07, 6.45) is 2.02. The summed E-state index contributed by atoms with van der Waals surface area (Å²) in [6.45, 7) is 2.76. The van der Waals surface area contributed by atoms with Crippen LogP contribution in [0.25, 0.3) is 0 Å². The molecule has 1 fully saturated rings. The minimum atomic E-state index is -0.468. The molecular formula is C13H19N3O2. The van der Waals surface area contributed by atoms with E-state index in [0.29, 0.717) is 16.9 Å². The van der Waals surface area contributed by atoms with Gasteiger partial charge in [-0.15, -0.1) is 0 Å². The average molecular weight is 249 g/mol. The van der Waals surface area contributed by atoms with Gasteiger partial charge in [0.15, 0.2) is 0 Å². The lowest BCUT2D eigenvalue weighted by Gasteiger charge is -2.29. The zero-order chi connectivity index (χ0) is 13.1. The van der Waals surface area contributed by atoms with Crippen LogP contribution in [0.4, 0.5) is 11.4 Å². The molecule has 0 bridgehead atoms. The third-order valence-corrected chi connectivity index (χ3v) is 3.20. The molecule has 18 heavy (non-hydrogen) atoms. The average Bonchev–Trinajstić information content (AvgIpc) is 2.31. The molecule has 2 rings (SSSR count). The van der Waals surface area contributed by atoms with E-state index in [0.717, 1.165) is 19.4 Å². The maximum absolute atomic E-state index is 11.4. The summed E-state index contributed by atoms with van der Waals surface area (Å²) in [5, 5.41) is 3.32. The Morgan fingerprint density at radius 3 is 2.94 bits per heavy atom. The van der Waals surface area contributed by atoms with Crippen LogP contribution in [-0.4, -0.2) is 24.7 Å². The largest absolute Gasteiger partial charge is 0.397 e. The molecule has 1 aromatic carbocycles. The first-order chi connectivity index (χ1) is 8.58. The van der Waals surface area contributed by atoms with Crippen LogP contribution in [0.3, 0.4) is 0 Å². The van der Waals surface area contributed by atoms with Crippen molar-refractivity contribution < 1.29 is 9.53 Å². The number of ether oxygens (including phenoxy) is 1. The molecule has 1 amide bonds. The summed E-state index contributed by atoms with van der Waals surface area (Å²) < 4.78 is 5.49. The van der Waals surface area contributed by atoms with Crippen molar-refractivity contribution in [2.24, 2.45) is 5.73 Å². The van der Waals surface area contributed by atoms with Gasteiger partial charge in [0.2, 0.25) is 0 Å². The molecular weight excluding hydrogens is 230 g/mol. The number of amides is 1. The molecule has 0 radical (unpaired) electrons. The van der Waals surface area contributed by atoms with Crippen LogP contribution in [0.2, 0.25) is 0 Å². The number of nitrogens with one attached hydrogen (secondary N) is 1. The van der Waals surface area contributed by atoms with Gasteiger partial charge in [0, 0.05) is 12.6 Å². The molecule has 0 aliphatic carbocycles. The molecule has 98 valence electrons. The Hall–Kier alpha value is -1.75. The first-order valence-electron chi connectivity index (χ1n) is 6.14. The van der Waals surface area contributed by atoms with Crippen molar-refractivity contribution in [3.63, 3.8) is 0 Å². The molecule has 1 heterocycles. The van der Waals surface area contributed by atoms with Crippen molar-refractivity contribution >= 4 is 17.3 Å². The van der Waals surface area contributed by atoms with Crippen molar-refractivity contribution in [1.82, 2.24) is 0 Å². The first kappa shape index (κ1) is 12.7. The zero-order valence-corrected chi connectivity index (χ0v) is 10.5. The van der Waals surface area contributed by atoms with Crippen LogP contribution in [0.5, 0.6) is 0 Å². The Bertz CT molecular complexity index is 448. The Kier molecular flexibility index (Phi) is 3.72. The molecule has 1 aromatic rings. The Labute approximate surface area is 106 Å². The SMILES string of the molecule is CC1CC(Nc2c(N)cccc2C(N)=O)CCO1. The quantitative estimate of drug-likeness (QED) is 0.705. The van der Waals surface area contributed by atoms with E-state index in [1.54, 1.807) is 18.2 Å². The smallest absolute Gasteiger partial charge is 0.250 e. The third kappa shape index (κ3) is 2.73. The molecule has 0 spiro atoms. The van der Waals surface area contributed by atoms with Crippen LogP contribution in [0, 0.1) is 0 Å². The topological polar surface area (TPSA) is 90.4 Å². The highest BCUT2D eigenvalue weighted by Gasteiger charge is 2.21. The van der Waals surface area contributed by atoms with E-state index in [1.807, 2.05) is 6.92 Å². The van der Waals surface area contributed by atoms with Crippen LogP contribution in [0.15, 0.2) is 18.2 Å². The number of hydrogen-bond acceptors (Lipinski definition) is 4. The van der Waals surface area contributed by atoms with Crippen molar-refractivity contribution in [2.75, 3.05) is 17.7 Å². The van der Waals surface area contributed by atoms with Crippen molar-refractivity contribution in [2.45, 2.75) is 31.9 Å². The molecule has 5 nitrogen and oxygen atoms in total. The highest BCUT2D eigenvalue weighted by atomic mass is 16.5. The van der Waals surface area contributed by atoms with Crippen molar-refractivity contribution in [3.05, 3.63) is 23.8 Å². The normalized spacial score (nSPS) is 23.6. The Morgan fingerprint density at radius 2 is 2.28 bits per heavy atom. The van der Waals surface area contributed by atoms with Crippen molar-refractivity contribution in [3.8, 4) is 0 Å².